The van der Waals surface area contributed by atoms with Gasteiger partial charge in [-0.15, -0.1) is 0 Å². The predicted molar refractivity (Wildman–Crippen MR) is 82.9 cm³/mol. The molecule has 0 amide bonds. The van der Waals surface area contributed by atoms with E-state index in [4.69, 9.17) is 4.42 Å². The number of benzene rings is 1. The molecule has 2 aromatic rings. The van der Waals surface area contributed by atoms with Crippen molar-refractivity contribution in [2.24, 2.45) is 0 Å². The smallest absolute Gasteiger partial charge is 0.196 e. The predicted octanol–water partition coefficient (Wildman–Crippen LogP) is 3.89. The summed E-state index contributed by atoms with van der Waals surface area (Å²) in [7, 11) is 0. The van der Waals surface area contributed by atoms with Crippen molar-refractivity contribution in [3.8, 4) is 11.3 Å². The molecule has 0 saturated carbocycles. The number of rotatable bonds is 4. The standard InChI is InChI=1S/C17H24N2O/c1-12-7-6-8-14(13(12)2)15-11-18-16(20-15)9-10-19-17(3,4)5/h6-8,11,19H,9-10H2,1-5H3. The molecule has 2 rings (SSSR count). The average Bonchev–Trinajstić information content (AvgIpc) is 2.79. The van der Waals surface area contributed by atoms with Gasteiger partial charge in [-0.1, -0.05) is 18.2 Å². The Hall–Kier alpha value is -1.61. The molecule has 0 aliphatic carbocycles. The van der Waals surface area contributed by atoms with E-state index in [-0.39, 0.29) is 5.54 Å². The molecule has 20 heavy (non-hydrogen) atoms. The zero-order valence-electron chi connectivity index (χ0n) is 13.1. The molecule has 1 N–H and O–H groups in total. The third-order valence-electron chi connectivity index (χ3n) is 3.42. The minimum Gasteiger partial charge on any atom is -0.441 e. The lowest BCUT2D eigenvalue weighted by Gasteiger charge is -2.19. The van der Waals surface area contributed by atoms with E-state index in [9.17, 15) is 0 Å². The highest BCUT2D eigenvalue weighted by Crippen LogP contribution is 2.26. The van der Waals surface area contributed by atoms with E-state index in [1.807, 2.05) is 6.20 Å². The van der Waals surface area contributed by atoms with Crippen molar-refractivity contribution in [2.45, 2.75) is 46.6 Å². The van der Waals surface area contributed by atoms with Crippen LogP contribution in [0.4, 0.5) is 0 Å². The Bertz CT molecular complexity index is 579. The van der Waals surface area contributed by atoms with Crippen molar-refractivity contribution < 1.29 is 4.42 Å². The second-order valence-electron chi connectivity index (χ2n) is 6.29. The molecule has 0 bridgehead atoms. The van der Waals surface area contributed by atoms with E-state index in [1.165, 1.54) is 11.1 Å². The number of hydrogen-bond donors (Lipinski definition) is 1. The molecule has 1 heterocycles. The van der Waals surface area contributed by atoms with E-state index in [0.29, 0.717) is 0 Å². The number of nitrogens with one attached hydrogen (secondary N) is 1. The topological polar surface area (TPSA) is 38.1 Å². The maximum atomic E-state index is 5.87. The van der Waals surface area contributed by atoms with Crippen LogP contribution < -0.4 is 5.32 Å². The molecule has 0 aliphatic rings. The van der Waals surface area contributed by atoms with Crippen LogP contribution in [0, 0.1) is 13.8 Å². The Kier molecular flexibility index (Phi) is 4.29. The van der Waals surface area contributed by atoms with Gasteiger partial charge < -0.3 is 9.73 Å². The first kappa shape index (κ1) is 14.8. The highest BCUT2D eigenvalue weighted by atomic mass is 16.4. The molecular formula is C17H24N2O. The lowest BCUT2D eigenvalue weighted by molar-refractivity contribution is 0.412. The van der Waals surface area contributed by atoms with Crippen LogP contribution in [0.1, 0.15) is 37.8 Å². The lowest BCUT2D eigenvalue weighted by Crippen LogP contribution is -2.37. The van der Waals surface area contributed by atoms with E-state index in [2.05, 4.69) is 63.1 Å². The third-order valence-corrected chi connectivity index (χ3v) is 3.42. The van der Waals surface area contributed by atoms with E-state index in [1.54, 1.807) is 0 Å². The Morgan fingerprint density at radius 2 is 1.95 bits per heavy atom. The largest absolute Gasteiger partial charge is 0.441 e. The summed E-state index contributed by atoms with van der Waals surface area (Å²) in [6.45, 7) is 11.6. The average molecular weight is 272 g/mol. The minimum atomic E-state index is 0.128. The summed E-state index contributed by atoms with van der Waals surface area (Å²) in [5.41, 5.74) is 3.79. The molecule has 1 aromatic heterocycles. The molecular weight excluding hydrogens is 248 g/mol. The minimum absolute atomic E-state index is 0.128. The first-order valence-corrected chi connectivity index (χ1v) is 7.13. The van der Waals surface area contributed by atoms with Gasteiger partial charge in [0.15, 0.2) is 11.7 Å². The highest BCUT2D eigenvalue weighted by Gasteiger charge is 2.12. The Balaban J connectivity index is 2.07. The molecule has 108 valence electrons. The monoisotopic (exact) mass is 272 g/mol. The van der Waals surface area contributed by atoms with Gasteiger partial charge >= 0.3 is 0 Å². The van der Waals surface area contributed by atoms with Gasteiger partial charge in [-0.05, 0) is 45.7 Å². The molecule has 0 spiro atoms. The summed E-state index contributed by atoms with van der Waals surface area (Å²) in [5.74, 6) is 1.65. The van der Waals surface area contributed by atoms with Gasteiger partial charge in [-0.3, -0.25) is 0 Å². The van der Waals surface area contributed by atoms with Crippen molar-refractivity contribution in [2.75, 3.05) is 6.54 Å². The van der Waals surface area contributed by atoms with E-state index < -0.39 is 0 Å². The maximum Gasteiger partial charge on any atom is 0.196 e. The van der Waals surface area contributed by atoms with Crippen LogP contribution in [0.15, 0.2) is 28.8 Å². The van der Waals surface area contributed by atoms with Gasteiger partial charge in [0.05, 0.1) is 6.20 Å². The molecule has 0 unspecified atom stereocenters. The van der Waals surface area contributed by atoms with Crippen LogP contribution in [-0.4, -0.2) is 17.1 Å². The zero-order valence-corrected chi connectivity index (χ0v) is 13.1. The molecule has 0 aliphatic heterocycles. The van der Waals surface area contributed by atoms with Crippen LogP contribution in [-0.2, 0) is 6.42 Å². The highest BCUT2D eigenvalue weighted by molar-refractivity contribution is 5.62. The van der Waals surface area contributed by atoms with Crippen molar-refractivity contribution in [3.05, 3.63) is 41.4 Å². The van der Waals surface area contributed by atoms with Gasteiger partial charge in [0.1, 0.15) is 0 Å². The van der Waals surface area contributed by atoms with Crippen LogP contribution >= 0.6 is 0 Å². The summed E-state index contributed by atoms with van der Waals surface area (Å²) < 4.78 is 5.87. The fourth-order valence-corrected chi connectivity index (χ4v) is 2.11. The normalized spacial score (nSPS) is 11.8. The second kappa shape index (κ2) is 5.80. The van der Waals surface area contributed by atoms with Gasteiger partial charge in [0.25, 0.3) is 0 Å². The maximum absolute atomic E-state index is 5.87. The lowest BCUT2D eigenvalue weighted by atomic mass is 10.0. The van der Waals surface area contributed by atoms with E-state index in [0.717, 1.165) is 30.2 Å². The fraction of sp³-hybridized carbons (Fsp3) is 0.471. The quantitative estimate of drug-likeness (QED) is 0.917. The summed E-state index contributed by atoms with van der Waals surface area (Å²) >= 11 is 0. The Morgan fingerprint density at radius 1 is 1.20 bits per heavy atom. The molecule has 3 nitrogen and oxygen atoms in total. The van der Waals surface area contributed by atoms with Gasteiger partial charge in [-0.25, -0.2) is 4.98 Å². The summed E-state index contributed by atoms with van der Waals surface area (Å²) in [6.07, 6.45) is 2.64. The molecule has 3 heteroatoms. The molecule has 0 fully saturated rings. The summed E-state index contributed by atoms with van der Waals surface area (Å²) in [4.78, 5) is 4.38. The SMILES string of the molecule is Cc1cccc(-c2cnc(CCNC(C)(C)C)o2)c1C. The fourth-order valence-electron chi connectivity index (χ4n) is 2.11. The summed E-state index contributed by atoms with van der Waals surface area (Å²) in [5, 5.41) is 3.44. The van der Waals surface area contributed by atoms with Crippen molar-refractivity contribution in [1.29, 1.82) is 0 Å². The Labute approximate surface area is 121 Å². The molecule has 0 saturated heterocycles. The van der Waals surface area contributed by atoms with Crippen LogP contribution in [0.25, 0.3) is 11.3 Å². The van der Waals surface area contributed by atoms with Crippen molar-refractivity contribution in [3.63, 3.8) is 0 Å². The van der Waals surface area contributed by atoms with Crippen molar-refractivity contribution in [1.82, 2.24) is 10.3 Å². The summed E-state index contributed by atoms with van der Waals surface area (Å²) in [6, 6.07) is 6.25. The second-order valence-corrected chi connectivity index (χ2v) is 6.29. The van der Waals surface area contributed by atoms with Gasteiger partial charge in [0.2, 0.25) is 0 Å². The first-order valence-electron chi connectivity index (χ1n) is 7.13. The van der Waals surface area contributed by atoms with Gasteiger partial charge in [-0.2, -0.15) is 0 Å². The van der Waals surface area contributed by atoms with Gasteiger partial charge in [0, 0.05) is 24.1 Å². The van der Waals surface area contributed by atoms with Crippen LogP contribution in [0.3, 0.4) is 0 Å². The Morgan fingerprint density at radius 3 is 2.65 bits per heavy atom. The number of nitrogens with zero attached hydrogens (tertiary/aromatic N) is 1. The van der Waals surface area contributed by atoms with Crippen LogP contribution in [0.5, 0.6) is 0 Å². The first-order chi connectivity index (χ1) is 9.37. The molecule has 0 radical (unpaired) electrons. The molecule has 1 aromatic carbocycles. The molecule has 0 atom stereocenters. The number of hydrogen-bond acceptors (Lipinski definition) is 3. The zero-order chi connectivity index (χ0) is 14.8. The third kappa shape index (κ3) is 3.70. The number of oxazole rings is 1. The van der Waals surface area contributed by atoms with Crippen molar-refractivity contribution >= 4 is 0 Å². The number of aryl methyl sites for hydroxylation is 1. The van der Waals surface area contributed by atoms with E-state index >= 15 is 0 Å². The van der Waals surface area contributed by atoms with Crippen LogP contribution in [0.2, 0.25) is 0 Å². The number of aromatic nitrogens is 1.